The highest BCUT2D eigenvalue weighted by Crippen LogP contribution is 2.43. The normalized spacial score (nSPS) is 24.7. The van der Waals surface area contributed by atoms with E-state index in [1.165, 1.54) is 0 Å². The van der Waals surface area contributed by atoms with Gasteiger partial charge in [0, 0.05) is 5.56 Å². The van der Waals surface area contributed by atoms with E-state index in [4.69, 9.17) is 28.4 Å². The largest absolute Gasteiger partial charge is 0.452 e. The molecule has 2 aliphatic rings. The summed E-state index contributed by atoms with van der Waals surface area (Å²) in [7, 11) is 0. The number of rotatable bonds is 7. The minimum absolute atomic E-state index is 0.155. The maximum Gasteiger partial charge on any atom is 0.338 e. The van der Waals surface area contributed by atoms with Gasteiger partial charge in [-0.2, -0.15) is 0 Å². The Morgan fingerprint density at radius 2 is 1.07 bits per heavy atom. The van der Waals surface area contributed by atoms with Gasteiger partial charge in [0.2, 0.25) is 5.79 Å². The van der Waals surface area contributed by atoms with Crippen LogP contribution in [0.2, 0.25) is 0 Å². The summed E-state index contributed by atoms with van der Waals surface area (Å²) in [6.45, 7) is -0.381. The second-order valence-electron chi connectivity index (χ2n) is 10.0. The van der Waals surface area contributed by atoms with Gasteiger partial charge in [-0.1, -0.05) is 84.9 Å². The first-order valence-electron chi connectivity index (χ1n) is 13.8. The minimum atomic E-state index is -1.68. The highest BCUT2D eigenvalue weighted by Gasteiger charge is 2.61. The van der Waals surface area contributed by atoms with Crippen LogP contribution in [0.1, 0.15) is 42.9 Å². The molecule has 1 spiro atoms. The van der Waals surface area contributed by atoms with Crippen molar-refractivity contribution in [3.05, 3.63) is 144 Å². The molecule has 9 heteroatoms. The lowest BCUT2D eigenvalue weighted by atomic mass is 9.96. The van der Waals surface area contributed by atoms with Crippen LogP contribution in [-0.2, 0) is 28.4 Å². The highest BCUT2D eigenvalue weighted by molar-refractivity contribution is 5.91. The SMILES string of the molecule is O=C(O[C@@H]1[C@H](OC(=O)c2ccccc2)CO[C@@]2(CO[C@@H](c3ccccc3)O2)[C@H]1OC(=O)c1ccccc1)c1ccccc1. The molecule has 2 aliphatic heterocycles. The van der Waals surface area contributed by atoms with Gasteiger partial charge in [-0.15, -0.1) is 0 Å². The third kappa shape index (κ3) is 6.19. The summed E-state index contributed by atoms with van der Waals surface area (Å²) in [5.74, 6) is -3.76. The lowest BCUT2D eigenvalue weighted by Gasteiger charge is -2.45. The predicted molar refractivity (Wildman–Crippen MR) is 152 cm³/mol. The summed E-state index contributed by atoms with van der Waals surface area (Å²) in [6.07, 6.45) is -4.71. The summed E-state index contributed by atoms with van der Waals surface area (Å²) < 4.78 is 36.4. The molecule has 0 aromatic heterocycles. The van der Waals surface area contributed by atoms with Crippen molar-refractivity contribution in [2.45, 2.75) is 30.4 Å². The first-order valence-corrected chi connectivity index (χ1v) is 13.8. The molecule has 4 aromatic carbocycles. The molecule has 0 saturated carbocycles. The molecule has 0 aliphatic carbocycles. The second kappa shape index (κ2) is 12.6. The molecular formula is C34H28O9. The van der Waals surface area contributed by atoms with Crippen molar-refractivity contribution < 1.29 is 42.8 Å². The molecule has 9 nitrogen and oxygen atoms in total. The summed E-state index contributed by atoms with van der Waals surface area (Å²) in [6, 6.07) is 34.3. The zero-order valence-electron chi connectivity index (χ0n) is 22.9. The number of hydrogen-bond acceptors (Lipinski definition) is 9. The zero-order chi connectivity index (χ0) is 29.6. The highest BCUT2D eigenvalue weighted by atomic mass is 16.8. The Labute approximate surface area is 247 Å². The van der Waals surface area contributed by atoms with E-state index in [2.05, 4.69) is 0 Å². The molecule has 43 heavy (non-hydrogen) atoms. The van der Waals surface area contributed by atoms with Crippen molar-refractivity contribution >= 4 is 17.9 Å². The molecule has 0 unspecified atom stereocenters. The average Bonchev–Trinajstić information content (AvgIpc) is 3.50. The third-order valence-corrected chi connectivity index (χ3v) is 7.17. The monoisotopic (exact) mass is 580 g/mol. The fourth-order valence-electron chi connectivity index (χ4n) is 4.98. The van der Waals surface area contributed by atoms with Gasteiger partial charge in [0.25, 0.3) is 0 Å². The van der Waals surface area contributed by atoms with Crippen molar-refractivity contribution in [1.82, 2.24) is 0 Å². The van der Waals surface area contributed by atoms with Crippen LogP contribution in [0.15, 0.2) is 121 Å². The van der Waals surface area contributed by atoms with Gasteiger partial charge < -0.3 is 28.4 Å². The van der Waals surface area contributed by atoms with Crippen LogP contribution in [-0.4, -0.2) is 55.2 Å². The molecule has 2 fully saturated rings. The predicted octanol–water partition coefficient (Wildman–Crippen LogP) is 5.14. The average molecular weight is 581 g/mol. The topological polar surface area (TPSA) is 107 Å². The molecule has 218 valence electrons. The fraction of sp³-hybridized carbons (Fsp3) is 0.206. The lowest BCUT2D eigenvalue weighted by molar-refractivity contribution is -0.324. The third-order valence-electron chi connectivity index (χ3n) is 7.17. The van der Waals surface area contributed by atoms with Crippen molar-refractivity contribution in [2.75, 3.05) is 13.2 Å². The van der Waals surface area contributed by atoms with Crippen molar-refractivity contribution in [2.24, 2.45) is 0 Å². The van der Waals surface area contributed by atoms with E-state index in [1.54, 1.807) is 91.0 Å². The molecule has 2 heterocycles. The van der Waals surface area contributed by atoms with E-state index in [0.717, 1.165) is 0 Å². The van der Waals surface area contributed by atoms with Crippen molar-refractivity contribution in [3.63, 3.8) is 0 Å². The van der Waals surface area contributed by atoms with E-state index in [0.29, 0.717) is 11.1 Å². The van der Waals surface area contributed by atoms with Gasteiger partial charge in [0.1, 0.15) is 6.61 Å². The molecule has 0 bridgehead atoms. The van der Waals surface area contributed by atoms with E-state index in [9.17, 15) is 14.4 Å². The van der Waals surface area contributed by atoms with Crippen LogP contribution < -0.4 is 0 Å². The number of carbonyl (C=O) groups excluding carboxylic acids is 3. The van der Waals surface area contributed by atoms with Crippen molar-refractivity contribution in [3.8, 4) is 0 Å². The first-order chi connectivity index (χ1) is 21.0. The smallest absolute Gasteiger partial charge is 0.338 e. The van der Waals surface area contributed by atoms with Crippen LogP contribution in [0.5, 0.6) is 0 Å². The zero-order valence-corrected chi connectivity index (χ0v) is 22.9. The van der Waals surface area contributed by atoms with Gasteiger partial charge in [-0.3, -0.25) is 0 Å². The van der Waals surface area contributed by atoms with Crippen LogP contribution >= 0.6 is 0 Å². The molecule has 0 radical (unpaired) electrons. The molecule has 5 atom stereocenters. The summed E-state index contributed by atoms with van der Waals surface area (Å²) in [5, 5.41) is 0. The standard InChI is InChI=1S/C34H28O9/c35-30(23-13-5-1-6-14-23)40-27-21-39-34(22-38-33(43-34)26-19-11-4-12-20-26)29(42-32(37)25-17-9-3-10-18-25)28(27)41-31(36)24-15-7-2-8-16-24/h1-20,27-29,33H,21-22H2/t27-,28-,29+,33-,34-/m1/s1. The summed E-state index contributed by atoms with van der Waals surface area (Å²) in [5.41, 5.74) is 1.52. The first kappa shape index (κ1) is 28.3. The number of benzene rings is 4. The Hall–Kier alpha value is -4.83. The van der Waals surface area contributed by atoms with Gasteiger partial charge >= 0.3 is 17.9 Å². The Kier molecular flexibility index (Phi) is 8.28. The van der Waals surface area contributed by atoms with E-state index < -0.39 is 48.3 Å². The summed E-state index contributed by atoms with van der Waals surface area (Å²) in [4.78, 5) is 40.0. The Balaban J connectivity index is 1.36. The molecule has 0 amide bonds. The van der Waals surface area contributed by atoms with Crippen LogP contribution in [0, 0.1) is 0 Å². The quantitative estimate of drug-likeness (QED) is 0.217. The number of hydrogen-bond donors (Lipinski definition) is 0. The minimum Gasteiger partial charge on any atom is -0.452 e. The van der Waals surface area contributed by atoms with Crippen LogP contribution in [0.25, 0.3) is 0 Å². The molecular weight excluding hydrogens is 552 g/mol. The van der Waals surface area contributed by atoms with Gasteiger partial charge in [-0.05, 0) is 36.4 Å². The Morgan fingerprint density at radius 1 is 0.605 bits per heavy atom. The molecule has 2 saturated heterocycles. The second-order valence-corrected chi connectivity index (χ2v) is 10.0. The van der Waals surface area contributed by atoms with Gasteiger partial charge in [0.15, 0.2) is 24.6 Å². The van der Waals surface area contributed by atoms with E-state index in [-0.39, 0.29) is 24.3 Å². The maximum absolute atomic E-state index is 13.4. The molecule has 0 N–H and O–H groups in total. The molecule has 4 aromatic rings. The molecule has 6 rings (SSSR count). The van der Waals surface area contributed by atoms with Crippen molar-refractivity contribution in [1.29, 1.82) is 0 Å². The lowest BCUT2D eigenvalue weighted by Crippen LogP contribution is -2.65. The maximum atomic E-state index is 13.4. The Bertz CT molecular complexity index is 1550. The summed E-state index contributed by atoms with van der Waals surface area (Å²) >= 11 is 0. The Morgan fingerprint density at radius 3 is 1.60 bits per heavy atom. The number of carbonyl (C=O) groups is 3. The number of ether oxygens (including phenoxy) is 6. The fourth-order valence-corrected chi connectivity index (χ4v) is 4.98. The van der Waals surface area contributed by atoms with Gasteiger partial charge in [0.05, 0.1) is 23.3 Å². The van der Waals surface area contributed by atoms with Crippen LogP contribution in [0.3, 0.4) is 0 Å². The van der Waals surface area contributed by atoms with E-state index in [1.807, 2.05) is 30.3 Å². The van der Waals surface area contributed by atoms with Crippen LogP contribution in [0.4, 0.5) is 0 Å². The number of esters is 3. The van der Waals surface area contributed by atoms with Gasteiger partial charge in [-0.25, -0.2) is 14.4 Å². The van der Waals surface area contributed by atoms with E-state index >= 15 is 0 Å².